The fourth-order valence-corrected chi connectivity index (χ4v) is 3.00. The highest BCUT2D eigenvalue weighted by Crippen LogP contribution is 2.40. The smallest absolute Gasteiger partial charge is 0.123 e. The third-order valence-electron chi connectivity index (χ3n) is 3.98. The molecular formula is C18H15FO. The largest absolute Gasteiger partial charge is 0.388 e. The van der Waals surface area contributed by atoms with E-state index in [9.17, 15) is 9.50 Å². The molecule has 0 fully saturated rings. The van der Waals surface area contributed by atoms with Crippen LogP contribution < -0.4 is 0 Å². The molecule has 0 bridgehead atoms. The van der Waals surface area contributed by atoms with Crippen molar-refractivity contribution in [2.24, 2.45) is 0 Å². The van der Waals surface area contributed by atoms with Crippen LogP contribution in [0.2, 0.25) is 0 Å². The lowest BCUT2D eigenvalue weighted by atomic mass is 9.87. The van der Waals surface area contributed by atoms with E-state index in [1.165, 1.54) is 12.1 Å². The molecule has 20 heavy (non-hydrogen) atoms. The molecule has 0 unspecified atom stereocenters. The van der Waals surface area contributed by atoms with Crippen molar-refractivity contribution in [2.75, 3.05) is 0 Å². The van der Waals surface area contributed by atoms with Gasteiger partial charge in [-0.15, -0.1) is 12.3 Å². The summed E-state index contributed by atoms with van der Waals surface area (Å²) in [6.45, 7) is 0. The van der Waals surface area contributed by atoms with Crippen molar-refractivity contribution in [3.63, 3.8) is 0 Å². The molecule has 0 heterocycles. The topological polar surface area (TPSA) is 20.2 Å². The fraction of sp³-hybridized carbons (Fsp3) is 0.222. The van der Waals surface area contributed by atoms with Crippen molar-refractivity contribution in [1.29, 1.82) is 0 Å². The summed E-state index contributed by atoms with van der Waals surface area (Å²) in [6.07, 6.45) is 5.82. The Morgan fingerprint density at radius 1 is 1.15 bits per heavy atom. The van der Waals surface area contributed by atoms with Crippen LogP contribution in [0, 0.1) is 18.2 Å². The summed E-state index contributed by atoms with van der Waals surface area (Å²) in [5, 5.41) is 10.6. The van der Waals surface area contributed by atoms with Crippen LogP contribution in [0.4, 0.5) is 4.39 Å². The number of hydrogen-bond donors (Lipinski definition) is 1. The Balaban J connectivity index is 2.19. The van der Waals surface area contributed by atoms with Gasteiger partial charge < -0.3 is 5.11 Å². The number of aliphatic hydroxyl groups is 1. The van der Waals surface area contributed by atoms with Gasteiger partial charge in [-0.1, -0.05) is 30.3 Å². The molecule has 0 aliphatic heterocycles. The zero-order valence-electron chi connectivity index (χ0n) is 11.0. The van der Waals surface area contributed by atoms with Gasteiger partial charge in [0.2, 0.25) is 0 Å². The highest BCUT2D eigenvalue weighted by atomic mass is 19.1. The van der Waals surface area contributed by atoms with Gasteiger partial charge in [-0.25, -0.2) is 4.39 Å². The van der Waals surface area contributed by atoms with Crippen LogP contribution in [0.15, 0.2) is 42.5 Å². The van der Waals surface area contributed by atoms with Crippen LogP contribution in [-0.2, 0) is 6.42 Å². The van der Waals surface area contributed by atoms with Crippen LogP contribution in [-0.4, -0.2) is 5.11 Å². The summed E-state index contributed by atoms with van der Waals surface area (Å²) in [7, 11) is 0. The van der Waals surface area contributed by atoms with Gasteiger partial charge in [0.25, 0.3) is 0 Å². The van der Waals surface area contributed by atoms with Crippen LogP contribution in [0.3, 0.4) is 0 Å². The van der Waals surface area contributed by atoms with E-state index in [2.05, 4.69) is 5.92 Å². The van der Waals surface area contributed by atoms with Crippen molar-refractivity contribution in [3.05, 3.63) is 70.5 Å². The molecule has 2 aromatic rings. The molecule has 0 radical (unpaired) electrons. The van der Waals surface area contributed by atoms with E-state index in [0.29, 0.717) is 18.4 Å². The molecule has 0 saturated heterocycles. The first kappa shape index (κ1) is 12.9. The highest BCUT2D eigenvalue weighted by Gasteiger charge is 2.29. The van der Waals surface area contributed by atoms with Crippen LogP contribution >= 0.6 is 0 Å². The average Bonchev–Trinajstić information content (AvgIpc) is 2.57. The first-order valence-corrected chi connectivity index (χ1v) is 6.68. The molecular weight excluding hydrogens is 251 g/mol. The molecule has 0 saturated carbocycles. The third-order valence-corrected chi connectivity index (χ3v) is 3.98. The van der Waals surface area contributed by atoms with Gasteiger partial charge in [-0.2, -0.15) is 0 Å². The summed E-state index contributed by atoms with van der Waals surface area (Å²) in [5.74, 6) is 2.12. The minimum Gasteiger partial charge on any atom is -0.388 e. The summed E-state index contributed by atoms with van der Waals surface area (Å²) in [5.41, 5.74) is 3.83. The zero-order chi connectivity index (χ0) is 14.1. The third kappa shape index (κ3) is 2.11. The number of halogens is 1. The van der Waals surface area contributed by atoms with Crippen LogP contribution in [0.1, 0.15) is 40.7 Å². The van der Waals surface area contributed by atoms with Crippen LogP contribution in [0.5, 0.6) is 0 Å². The molecule has 1 N–H and O–H groups in total. The van der Waals surface area contributed by atoms with E-state index >= 15 is 0 Å². The second kappa shape index (κ2) is 5.11. The minimum atomic E-state index is -0.764. The standard InChI is InChI=1S/C18H15FO/c1-2-5-16-15-7-4-3-6-12(15)10-13-8-9-14(19)11-17(13)18(16)20/h1,3-4,6-9,11,16,18,20H,5,10H2/t16-,18+/m1/s1. The Morgan fingerprint density at radius 3 is 2.70 bits per heavy atom. The monoisotopic (exact) mass is 266 g/mol. The van der Waals surface area contributed by atoms with Crippen molar-refractivity contribution >= 4 is 0 Å². The average molecular weight is 266 g/mol. The molecule has 1 nitrogen and oxygen atoms in total. The Hall–Kier alpha value is -2.11. The summed E-state index contributed by atoms with van der Waals surface area (Å²) >= 11 is 0. The van der Waals surface area contributed by atoms with Gasteiger partial charge in [0.15, 0.2) is 0 Å². The van der Waals surface area contributed by atoms with Gasteiger partial charge >= 0.3 is 0 Å². The number of rotatable bonds is 1. The minimum absolute atomic E-state index is 0.181. The molecule has 2 heteroatoms. The Kier molecular flexibility index (Phi) is 3.30. The summed E-state index contributed by atoms with van der Waals surface area (Å²) in [6, 6.07) is 12.6. The number of terminal acetylenes is 1. The van der Waals surface area contributed by atoms with E-state index in [1.807, 2.05) is 24.3 Å². The first-order chi connectivity index (χ1) is 9.70. The predicted molar refractivity (Wildman–Crippen MR) is 76.8 cm³/mol. The highest BCUT2D eigenvalue weighted by molar-refractivity contribution is 5.44. The SMILES string of the molecule is C#CC[C@@H]1c2ccccc2Cc2ccc(F)cc2[C@H]1O. The summed E-state index contributed by atoms with van der Waals surface area (Å²) < 4.78 is 13.5. The van der Waals surface area contributed by atoms with Gasteiger partial charge in [0.05, 0.1) is 6.10 Å². The van der Waals surface area contributed by atoms with Crippen molar-refractivity contribution in [2.45, 2.75) is 24.9 Å². The molecule has 2 atom stereocenters. The van der Waals surface area contributed by atoms with Crippen molar-refractivity contribution in [3.8, 4) is 12.3 Å². The Bertz CT molecular complexity index is 684. The predicted octanol–water partition coefficient (Wildman–Crippen LogP) is 3.57. The molecule has 2 aromatic carbocycles. The van der Waals surface area contributed by atoms with Gasteiger partial charge in [-0.3, -0.25) is 0 Å². The molecule has 0 amide bonds. The Labute approximate surface area is 118 Å². The fourth-order valence-electron chi connectivity index (χ4n) is 3.00. The number of benzene rings is 2. The summed E-state index contributed by atoms with van der Waals surface area (Å²) in [4.78, 5) is 0. The maximum Gasteiger partial charge on any atom is 0.123 e. The van der Waals surface area contributed by atoms with E-state index in [1.54, 1.807) is 6.07 Å². The van der Waals surface area contributed by atoms with Crippen molar-refractivity contribution < 1.29 is 9.50 Å². The Morgan fingerprint density at radius 2 is 1.90 bits per heavy atom. The first-order valence-electron chi connectivity index (χ1n) is 6.68. The maximum absolute atomic E-state index is 13.5. The number of hydrogen-bond acceptors (Lipinski definition) is 1. The number of aliphatic hydroxyl groups excluding tert-OH is 1. The lowest BCUT2D eigenvalue weighted by Gasteiger charge is -2.21. The zero-order valence-corrected chi connectivity index (χ0v) is 11.0. The van der Waals surface area contributed by atoms with Crippen molar-refractivity contribution in [1.82, 2.24) is 0 Å². The van der Waals surface area contributed by atoms with Gasteiger partial charge in [0, 0.05) is 12.3 Å². The normalized spacial score (nSPS) is 20.4. The van der Waals surface area contributed by atoms with Gasteiger partial charge in [-0.05, 0) is 40.8 Å². The van der Waals surface area contributed by atoms with Crippen LogP contribution in [0.25, 0.3) is 0 Å². The second-order valence-electron chi connectivity index (χ2n) is 5.18. The molecule has 0 aromatic heterocycles. The number of fused-ring (bicyclic) bond motifs is 2. The molecule has 100 valence electrons. The quantitative estimate of drug-likeness (QED) is 0.782. The molecule has 0 spiro atoms. The van der Waals surface area contributed by atoms with E-state index in [0.717, 1.165) is 16.7 Å². The van der Waals surface area contributed by atoms with E-state index in [-0.39, 0.29) is 11.7 Å². The molecule has 1 aliphatic carbocycles. The van der Waals surface area contributed by atoms with E-state index < -0.39 is 6.10 Å². The molecule has 3 rings (SSSR count). The molecule has 1 aliphatic rings. The second-order valence-corrected chi connectivity index (χ2v) is 5.18. The van der Waals surface area contributed by atoms with Gasteiger partial charge in [0.1, 0.15) is 5.82 Å². The lowest BCUT2D eigenvalue weighted by Crippen LogP contribution is -2.11. The maximum atomic E-state index is 13.5. The van der Waals surface area contributed by atoms with E-state index in [4.69, 9.17) is 6.42 Å². The lowest BCUT2D eigenvalue weighted by molar-refractivity contribution is 0.146.